The Morgan fingerprint density at radius 2 is 2.04 bits per heavy atom. The van der Waals surface area contributed by atoms with Crippen molar-refractivity contribution in [3.8, 4) is 5.75 Å². The Hall–Kier alpha value is -1.78. The zero-order chi connectivity index (χ0) is 19.6. The van der Waals surface area contributed by atoms with E-state index in [2.05, 4.69) is 14.7 Å². The number of methoxy groups -OCH3 is 1. The maximum absolute atomic E-state index is 12.4. The predicted octanol–water partition coefficient (Wildman–Crippen LogP) is 3.17. The average Bonchev–Trinajstić information content (AvgIpc) is 3.14. The van der Waals surface area contributed by atoms with Crippen molar-refractivity contribution in [3.05, 3.63) is 29.8 Å². The van der Waals surface area contributed by atoms with Gasteiger partial charge in [0.05, 0.1) is 31.9 Å². The zero-order valence-corrected chi connectivity index (χ0v) is 17.7. The first-order valence-corrected chi connectivity index (χ1v) is 11.1. The molecule has 2 aromatic rings. The molecule has 1 heterocycles. The molecule has 0 aliphatic rings. The summed E-state index contributed by atoms with van der Waals surface area (Å²) < 4.78 is 15.1. The summed E-state index contributed by atoms with van der Waals surface area (Å²) >= 11 is 4.05. The van der Waals surface area contributed by atoms with Gasteiger partial charge >= 0.3 is 5.97 Å². The number of nitrogens with one attached hydrogen (secondary N) is 1. The Labute approximate surface area is 170 Å². The van der Waals surface area contributed by atoms with Crippen LogP contribution >= 0.6 is 35.1 Å². The lowest BCUT2D eigenvalue weighted by molar-refractivity contribution is -0.143. The van der Waals surface area contributed by atoms with E-state index in [0.717, 1.165) is 9.90 Å². The molecule has 1 aromatic carbocycles. The zero-order valence-electron chi connectivity index (χ0n) is 15.3. The molecule has 0 radical (unpaired) electrons. The fourth-order valence-corrected chi connectivity index (χ4v) is 4.20. The molecule has 0 aliphatic heterocycles. The molecule has 1 atom stereocenters. The number of carbonyl (C=O) groups is 2. The van der Waals surface area contributed by atoms with Gasteiger partial charge in [-0.15, -0.1) is 0 Å². The Balaban J connectivity index is 2.00. The molecule has 0 saturated heterocycles. The van der Waals surface area contributed by atoms with Crippen molar-refractivity contribution in [2.24, 2.45) is 0 Å². The van der Waals surface area contributed by atoms with Crippen molar-refractivity contribution >= 4 is 46.9 Å². The van der Waals surface area contributed by atoms with Crippen LogP contribution in [0.4, 0.5) is 0 Å². The number of benzene rings is 1. The summed E-state index contributed by atoms with van der Waals surface area (Å²) in [5.41, 5.74) is 0.808. The van der Waals surface area contributed by atoms with Crippen LogP contribution in [0, 0.1) is 0 Å². The van der Waals surface area contributed by atoms with E-state index in [1.165, 1.54) is 35.1 Å². The SMILES string of the molecule is CCOC(=O)C[C@H](NC(=O)CSc1nc(SC)ns1)c1ccc(OC)cc1. The molecule has 0 fully saturated rings. The Kier molecular flexibility index (Phi) is 8.89. The molecule has 0 saturated carbocycles. The first-order valence-electron chi connectivity index (χ1n) is 8.15. The predicted molar refractivity (Wildman–Crippen MR) is 108 cm³/mol. The number of thioether (sulfide) groups is 2. The Morgan fingerprint density at radius 3 is 2.63 bits per heavy atom. The highest BCUT2D eigenvalue weighted by molar-refractivity contribution is 8.01. The van der Waals surface area contributed by atoms with Crippen LogP contribution in [0.15, 0.2) is 33.8 Å². The first kappa shape index (κ1) is 21.5. The highest BCUT2D eigenvalue weighted by Gasteiger charge is 2.20. The lowest BCUT2D eigenvalue weighted by Gasteiger charge is -2.18. The van der Waals surface area contributed by atoms with Crippen molar-refractivity contribution in [1.29, 1.82) is 0 Å². The second-order valence-electron chi connectivity index (χ2n) is 5.24. The average molecular weight is 428 g/mol. The van der Waals surface area contributed by atoms with Crippen LogP contribution in [0.1, 0.15) is 24.9 Å². The van der Waals surface area contributed by atoms with Gasteiger partial charge in [-0.3, -0.25) is 9.59 Å². The van der Waals surface area contributed by atoms with Gasteiger partial charge in [-0.1, -0.05) is 35.7 Å². The number of ether oxygens (including phenoxy) is 2. The van der Waals surface area contributed by atoms with Crippen LogP contribution in [0.2, 0.25) is 0 Å². The minimum atomic E-state index is -0.473. The minimum absolute atomic E-state index is 0.0615. The highest BCUT2D eigenvalue weighted by atomic mass is 32.2. The van der Waals surface area contributed by atoms with Gasteiger partial charge in [-0.05, 0) is 42.4 Å². The Morgan fingerprint density at radius 1 is 1.30 bits per heavy atom. The number of aromatic nitrogens is 2. The number of carbonyl (C=O) groups excluding carboxylic acids is 2. The monoisotopic (exact) mass is 427 g/mol. The van der Waals surface area contributed by atoms with E-state index in [0.29, 0.717) is 17.5 Å². The standard InChI is InChI=1S/C17H21N3O4S3/c1-4-24-15(22)9-13(11-5-7-12(23-2)8-6-11)18-14(21)10-26-17-19-16(25-3)20-27-17/h5-8,13H,4,9-10H2,1-3H3,(H,18,21)/t13-/m0/s1. The van der Waals surface area contributed by atoms with E-state index < -0.39 is 6.04 Å². The molecule has 0 spiro atoms. The van der Waals surface area contributed by atoms with E-state index in [-0.39, 0.29) is 24.1 Å². The van der Waals surface area contributed by atoms with Crippen molar-refractivity contribution in [3.63, 3.8) is 0 Å². The summed E-state index contributed by atoms with van der Waals surface area (Å²) in [6.45, 7) is 2.05. The fraction of sp³-hybridized carbons (Fsp3) is 0.412. The first-order chi connectivity index (χ1) is 13.0. The maximum atomic E-state index is 12.4. The topological polar surface area (TPSA) is 90.4 Å². The van der Waals surface area contributed by atoms with Crippen LogP contribution in [-0.2, 0) is 14.3 Å². The second kappa shape index (κ2) is 11.2. The van der Waals surface area contributed by atoms with Gasteiger partial charge in [0.25, 0.3) is 0 Å². The lowest BCUT2D eigenvalue weighted by Crippen LogP contribution is -2.31. The van der Waals surface area contributed by atoms with Gasteiger partial charge in [0.1, 0.15) is 5.75 Å². The van der Waals surface area contributed by atoms with E-state index in [9.17, 15) is 9.59 Å². The molecular formula is C17H21N3O4S3. The van der Waals surface area contributed by atoms with Crippen LogP contribution < -0.4 is 10.1 Å². The normalized spacial score (nSPS) is 11.7. The summed E-state index contributed by atoms with van der Waals surface area (Å²) in [5, 5.41) is 3.60. The van der Waals surface area contributed by atoms with Gasteiger partial charge in [0.2, 0.25) is 11.1 Å². The third kappa shape index (κ3) is 7.04. The van der Waals surface area contributed by atoms with Crippen LogP contribution in [0.3, 0.4) is 0 Å². The van der Waals surface area contributed by atoms with E-state index in [4.69, 9.17) is 9.47 Å². The van der Waals surface area contributed by atoms with Crippen molar-refractivity contribution in [2.75, 3.05) is 25.7 Å². The number of amides is 1. The van der Waals surface area contributed by atoms with Crippen LogP contribution in [0.25, 0.3) is 0 Å². The molecular weight excluding hydrogens is 406 g/mol. The van der Waals surface area contributed by atoms with Gasteiger partial charge < -0.3 is 14.8 Å². The summed E-state index contributed by atoms with van der Waals surface area (Å²) in [4.78, 5) is 28.6. The summed E-state index contributed by atoms with van der Waals surface area (Å²) in [6, 6.07) is 6.76. The minimum Gasteiger partial charge on any atom is -0.497 e. The molecule has 10 heteroatoms. The number of esters is 1. The molecule has 0 aliphatic carbocycles. The van der Waals surface area contributed by atoms with Gasteiger partial charge in [-0.2, -0.15) is 4.37 Å². The smallest absolute Gasteiger partial charge is 0.308 e. The summed E-state index contributed by atoms with van der Waals surface area (Å²) in [7, 11) is 1.58. The molecule has 1 amide bonds. The number of rotatable bonds is 10. The van der Waals surface area contributed by atoms with Gasteiger partial charge in [0, 0.05) is 0 Å². The molecule has 27 heavy (non-hydrogen) atoms. The van der Waals surface area contributed by atoms with E-state index >= 15 is 0 Å². The van der Waals surface area contributed by atoms with Crippen molar-refractivity contribution < 1.29 is 19.1 Å². The lowest BCUT2D eigenvalue weighted by atomic mass is 10.0. The summed E-state index contributed by atoms with van der Waals surface area (Å²) in [5.74, 6) is 0.348. The summed E-state index contributed by atoms with van der Waals surface area (Å²) in [6.07, 6.45) is 1.96. The fourth-order valence-electron chi connectivity index (χ4n) is 2.18. The molecule has 0 unspecified atom stereocenters. The molecule has 2 rings (SSSR count). The van der Waals surface area contributed by atoms with Crippen molar-refractivity contribution in [2.45, 2.75) is 28.9 Å². The van der Waals surface area contributed by atoms with Gasteiger partial charge in [-0.25, -0.2) is 4.98 Å². The molecule has 1 N–H and O–H groups in total. The quantitative estimate of drug-likeness (QED) is 0.457. The molecule has 0 bridgehead atoms. The van der Waals surface area contributed by atoms with E-state index in [1.54, 1.807) is 26.2 Å². The van der Waals surface area contributed by atoms with Crippen LogP contribution in [0.5, 0.6) is 5.75 Å². The maximum Gasteiger partial charge on any atom is 0.308 e. The third-order valence-electron chi connectivity index (χ3n) is 3.43. The molecule has 1 aromatic heterocycles. The second-order valence-corrected chi connectivity index (χ2v) is 7.99. The molecule has 146 valence electrons. The van der Waals surface area contributed by atoms with Gasteiger partial charge in [0.15, 0.2) is 4.34 Å². The highest BCUT2D eigenvalue weighted by Crippen LogP contribution is 2.24. The van der Waals surface area contributed by atoms with Crippen LogP contribution in [-0.4, -0.2) is 47.0 Å². The molecule has 7 nitrogen and oxygen atoms in total. The van der Waals surface area contributed by atoms with Crippen molar-refractivity contribution in [1.82, 2.24) is 14.7 Å². The number of nitrogens with zero attached hydrogens (tertiary/aromatic N) is 2. The largest absolute Gasteiger partial charge is 0.497 e. The number of hydrogen-bond donors (Lipinski definition) is 1. The van der Waals surface area contributed by atoms with E-state index in [1.807, 2.05) is 18.4 Å². The number of hydrogen-bond acceptors (Lipinski definition) is 9. The Bertz CT molecular complexity index is 752. The third-order valence-corrected chi connectivity index (χ3v) is 5.92.